The van der Waals surface area contributed by atoms with Gasteiger partial charge in [-0.3, -0.25) is 9.59 Å². The highest BCUT2D eigenvalue weighted by Gasteiger charge is 2.09. The van der Waals surface area contributed by atoms with Gasteiger partial charge in [0.05, 0.1) is 6.42 Å². The zero-order chi connectivity index (χ0) is 15.9. The Bertz CT molecular complexity index is 670. The van der Waals surface area contributed by atoms with Gasteiger partial charge in [0.25, 0.3) is 5.91 Å². The lowest BCUT2D eigenvalue weighted by Crippen LogP contribution is -2.25. The molecule has 0 radical (unpaired) electrons. The molecule has 0 aliphatic carbocycles. The number of aromatic nitrogens is 1. The van der Waals surface area contributed by atoms with Gasteiger partial charge in [-0.25, -0.2) is 0 Å². The molecule has 0 bridgehead atoms. The summed E-state index contributed by atoms with van der Waals surface area (Å²) in [4.78, 5) is 25.6. The van der Waals surface area contributed by atoms with Gasteiger partial charge in [-0.15, -0.1) is 0 Å². The number of aryl methyl sites for hydroxylation is 1. The number of aliphatic carboxylic acids is 1. The number of carboxylic acid groups (broad SMARTS) is 1. The lowest BCUT2D eigenvalue weighted by atomic mass is 10.2. The third-order valence-corrected chi connectivity index (χ3v) is 5.47. The molecule has 0 fully saturated rings. The van der Waals surface area contributed by atoms with Crippen LogP contribution >= 0.6 is 21.6 Å². The van der Waals surface area contributed by atoms with Crippen LogP contribution in [0.3, 0.4) is 0 Å². The fourth-order valence-electron chi connectivity index (χ4n) is 1.98. The molecule has 118 valence electrons. The van der Waals surface area contributed by atoms with Gasteiger partial charge in [-0.05, 0) is 18.6 Å². The Kier molecular flexibility index (Phi) is 6.21. The highest BCUT2D eigenvalue weighted by Crippen LogP contribution is 2.21. The van der Waals surface area contributed by atoms with Gasteiger partial charge in [0.1, 0.15) is 5.69 Å². The molecule has 3 N–H and O–H groups in total. The van der Waals surface area contributed by atoms with Crippen LogP contribution in [0.2, 0.25) is 0 Å². The number of carbonyl (C=O) groups is 2. The summed E-state index contributed by atoms with van der Waals surface area (Å²) in [6.45, 7) is 2.56. The quantitative estimate of drug-likeness (QED) is 0.509. The number of benzene rings is 1. The van der Waals surface area contributed by atoms with E-state index >= 15 is 0 Å². The molecule has 1 heterocycles. The smallest absolute Gasteiger partial charge is 0.304 e. The van der Waals surface area contributed by atoms with Crippen LogP contribution in [0.5, 0.6) is 0 Å². The standard InChI is InChI=1S/C15H18N2O3S2/c1-10-3-2-4-11-9-12(17-14(10)11)15(20)16-6-8-22-21-7-5-13(18)19/h2-4,9,17H,5-8H2,1H3,(H,16,20)(H,18,19). The molecule has 0 aliphatic heterocycles. The summed E-state index contributed by atoms with van der Waals surface area (Å²) in [6, 6.07) is 7.81. The van der Waals surface area contributed by atoms with E-state index in [0.717, 1.165) is 22.2 Å². The van der Waals surface area contributed by atoms with Crippen LogP contribution in [0.1, 0.15) is 22.5 Å². The summed E-state index contributed by atoms with van der Waals surface area (Å²) < 4.78 is 0. The van der Waals surface area contributed by atoms with E-state index in [2.05, 4.69) is 10.3 Å². The largest absolute Gasteiger partial charge is 0.481 e. The molecule has 0 spiro atoms. The first-order chi connectivity index (χ1) is 10.6. The third-order valence-electron chi connectivity index (χ3n) is 3.06. The molecule has 2 rings (SSSR count). The zero-order valence-corrected chi connectivity index (χ0v) is 13.9. The van der Waals surface area contributed by atoms with Gasteiger partial charge in [-0.1, -0.05) is 39.8 Å². The Morgan fingerprint density at radius 1 is 1.27 bits per heavy atom. The molecule has 5 nitrogen and oxygen atoms in total. The Morgan fingerprint density at radius 2 is 2.05 bits per heavy atom. The molecule has 0 atom stereocenters. The normalized spacial score (nSPS) is 10.8. The Labute approximate surface area is 136 Å². The van der Waals surface area contributed by atoms with Crippen LogP contribution in [0.15, 0.2) is 24.3 Å². The summed E-state index contributed by atoms with van der Waals surface area (Å²) >= 11 is 0. The van der Waals surface area contributed by atoms with Crippen molar-refractivity contribution in [1.82, 2.24) is 10.3 Å². The number of hydrogen-bond donors (Lipinski definition) is 3. The van der Waals surface area contributed by atoms with E-state index in [1.165, 1.54) is 10.8 Å². The van der Waals surface area contributed by atoms with Gasteiger partial charge in [0, 0.05) is 29.0 Å². The maximum absolute atomic E-state index is 12.1. The van der Waals surface area contributed by atoms with Gasteiger partial charge < -0.3 is 15.4 Å². The average molecular weight is 338 g/mol. The van der Waals surface area contributed by atoms with Crippen LogP contribution in [0.25, 0.3) is 10.9 Å². The second kappa shape index (κ2) is 8.14. The van der Waals surface area contributed by atoms with Gasteiger partial charge in [-0.2, -0.15) is 0 Å². The van der Waals surface area contributed by atoms with E-state index in [9.17, 15) is 9.59 Å². The van der Waals surface area contributed by atoms with Crippen molar-refractivity contribution in [2.24, 2.45) is 0 Å². The Balaban J connectivity index is 1.75. The maximum atomic E-state index is 12.1. The number of nitrogens with one attached hydrogen (secondary N) is 2. The van der Waals surface area contributed by atoms with Crippen molar-refractivity contribution in [3.8, 4) is 0 Å². The molecule has 0 saturated carbocycles. The lowest BCUT2D eigenvalue weighted by molar-refractivity contribution is -0.136. The van der Waals surface area contributed by atoms with E-state index < -0.39 is 5.97 Å². The number of amides is 1. The van der Waals surface area contributed by atoms with Gasteiger partial charge in [0.15, 0.2) is 0 Å². The van der Waals surface area contributed by atoms with Crippen molar-refractivity contribution in [3.63, 3.8) is 0 Å². The van der Waals surface area contributed by atoms with Crippen LogP contribution in [0, 0.1) is 6.92 Å². The third kappa shape index (κ3) is 4.71. The number of rotatable bonds is 8. The molecular formula is C15H18N2O3S2. The molecule has 0 aliphatic rings. The van der Waals surface area contributed by atoms with Crippen molar-refractivity contribution in [1.29, 1.82) is 0 Å². The summed E-state index contributed by atoms with van der Waals surface area (Å²) in [5, 5.41) is 12.4. The van der Waals surface area contributed by atoms with E-state index in [1.54, 1.807) is 10.8 Å². The van der Waals surface area contributed by atoms with E-state index in [0.29, 0.717) is 18.0 Å². The van der Waals surface area contributed by atoms with E-state index in [1.807, 2.05) is 31.2 Å². The maximum Gasteiger partial charge on any atom is 0.304 e. The second-order valence-electron chi connectivity index (χ2n) is 4.77. The van der Waals surface area contributed by atoms with Crippen molar-refractivity contribution < 1.29 is 14.7 Å². The van der Waals surface area contributed by atoms with E-state index in [-0.39, 0.29) is 12.3 Å². The number of carbonyl (C=O) groups excluding carboxylic acids is 1. The summed E-state index contributed by atoms with van der Waals surface area (Å²) in [5.74, 6) is 0.423. The first kappa shape index (κ1) is 16.8. The molecule has 1 amide bonds. The molecule has 1 aromatic carbocycles. The van der Waals surface area contributed by atoms with Crippen molar-refractivity contribution in [3.05, 3.63) is 35.5 Å². The van der Waals surface area contributed by atoms with Gasteiger partial charge >= 0.3 is 5.97 Å². The van der Waals surface area contributed by atoms with Crippen molar-refractivity contribution in [2.45, 2.75) is 13.3 Å². The number of fused-ring (bicyclic) bond motifs is 1. The predicted octanol–water partition coefficient (Wildman–Crippen LogP) is 3.06. The van der Waals surface area contributed by atoms with Crippen LogP contribution in [0.4, 0.5) is 0 Å². The lowest BCUT2D eigenvalue weighted by Gasteiger charge is -2.03. The molecule has 0 saturated heterocycles. The number of carboxylic acids is 1. The minimum Gasteiger partial charge on any atom is -0.481 e. The number of H-pyrrole nitrogens is 1. The summed E-state index contributed by atoms with van der Waals surface area (Å²) in [6.07, 6.45) is 0.165. The highest BCUT2D eigenvalue weighted by atomic mass is 33.1. The number of aromatic amines is 1. The molecule has 1 aromatic heterocycles. The molecule has 7 heteroatoms. The number of para-hydroxylation sites is 1. The van der Waals surface area contributed by atoms with Crippen LogP contribution < -0.4 is 5.32 Å². The zero-order valence-electron chi connectivity index (χ0n) is 12.2. The average Bonchev–Trinajstić information content (AvgIpc) is 2.91. The fourth-order valence-corrected chi connectivity index (χ4v) is 3.86. The first-order valence-electron chi connectivity index (χ1n) is 6.90. The minimum absolute atomic E-state index is 0.119. The molecule has 22 heavy (non-hydrogen) atoms. The van der Waals surface area contributed by atoms with Crippen molar-refractivity contribution in [2.75, 3.05) is 18.1 Å². The predicted molar refractivity (Wildman–Crippen MR) is 92.5 cm³/mol. The molecular weight excluding hydrogens is 320 g/mol. The summed E-state index contributed by atoms with van der Waals surface area (Å²) in [5.41, 5.74) is 2.67. The molecule has 0 unspecified atom stereocenters. The van der Waals surface area contributed by atoms with E-state index in [4.69, 9.17) is 5.11 Å². The second-order valence-corrected chi connectivity index (χ2v) is 7.47. The minimum atomic E-state index is -0.782. The fraction of sp³-hybridized carbons (Fsp3) is 0.333. The number of hydrogen-bond acceptors (Lipinski definition) is 4. The molecule has 2 aromatic rings. The Morgan fingerprint density at radius 3 is 2.77 bits per heavy atom. The monoisotopic (exact) mass is 338 g/mol. The topological polar surface area (TPSA) is 82.2 Å². The Hall–Kier alpha value is -1.60. The van der Waals surface area contributed by atoms with Gasteiger partial charge in [0.2, 0.25) is 0 Å². The highest BCUT2D eigenvalue weighted by molar-refractivity contribution is 8.76. The van der Waals surface area contributed by atoms with Crippen LogP contribution in [-0.4, -0.2) is 40.0 Å². The van der Waals surface area contributed by atoms with Crippen molar-refractivity contribution >= 4 is 44.4 Å². The SMILES string of the molecule is Cc1cccc2cc(C(=O)NCCSSCCC(=O)O)[nH]c12. The first-order valence-corrected chi connectivity index (χ1v) is 9.39. The summed E-state index contributed by atoms with van der Waals surface area (Å²) in [7, 11) is 3.08. The van der Waals surface area contributed by atoms with Crippen LogP contribution in [-0.2, 0) is 4.79 Å².